The molecule has 0 unspecified atom stereocenters. The third kappa shape index (κ3) is 4.71. The van der Waals surface area contributed by atoms with Gasteiger partial charge in [-0.3, -0.25) is 0 Å². The van der Waals surface area contributed by atoms with Crippen LogP contribution in [0, 0.1) is 0 Å². The highest BCUT2D eigenvalue weighted by Crippen LogP contribution is 2.37. The van der Waals surface area contributed by atoms with Crippen molar-refractivity contribution in [3.8, 4) is 0 Å². The maximum absolute atomic E-state index is 2.54. The Balaban J connectivity index is 6.46. The average molecular weight is 264 g/mol. The van der Waals surface area contributed by atoms with E-state index in [4.69, 9.17) is 0 Å². The number of hydrogen-bond acceptors (Lipinski definition) is 0. The van der Waals surface area contributed by atoms with E-state index in [-0.39, 0.29) is 0 Å². The molecule has 0 bridgehead atoms. The monoisotopic (exact) mass is 268 g/mol. The zero-order valence-electron chi connectivity index (χ0n) is 17.8. The van der Waals surface area contributed by atoms with Gasteiger partial charge in [-0.15, -0.1) is 0 Å². The highest BCUT2D eigenvalue weighted by Gasteiger charge is 2.55. The Hall–Kier alpha value is 1.36. The van der Waals surface area contributed by atoms with Gasteiger partial charge in [-0.1, -0.05) is 0 Å². The minimum absolute atomic E-state index is 0.430. The van der Waals surface area contributed by atoms with E-state index in [1.165, 1.54) is 7.06 Å². The smallest absolute Gasteiger partial charge is 0.0626 e. The van der Waals surface area contributed by atoms with Gasteiger partial charge in [0.05, 0.1) is 92.8 Å². The topological polar surface area (TPSA) is 0 Å². The van der Waals surface area contributed by atoms with Crippen molar-refractivity contribution >= 4 is 151 Å². The van der Waals surface area contributed by atoms with Gasteiger partial charge in [-0.05, 0) is 0 Å². The van der Waals surface area contributed by atoms with Crippen LogP contribution in [0.2, 0.25) is 5.01 Å². The van der Waals surface area contributed by atoms with Crippen molar-refractivity contribution in [2.24, 2.45) is 0 Å². The van der Waals surface area contributed by atoms with E-state index in [1.807, 2.05) is 0 Å². The Kier molecular flexibility index (Phi) is 10.3. The Labute approximate surface area is 156 Å². The second-order valence-corrected chi connectivity index (χ2v) is 9.49. The normalized spacial score (nSPS) is 10.2. The van der Waals surface area contributed by atoms with E-state index in [0.717, 1.165) is 51.5 Å². The third-order valence-electron chi connectivity index (χ3n) is 6.49. The molecule has 0 amide bonds. The molecule has 0 rings (SSSR count). The Morgan fingerprint density at radius 1 is 0.545 bits per heavy atom. The molecule has 92 valence electrons. The molecule has 0 spiro atoms. The summed E-state index contributed by atoms with van der Waals surface area (Å²) >= 11 is 0. The lowest BCUT2D eigenvalue weighted by atomic mass is 8.49. The van der Waals surface area contributed by atoms with Crippen LogP contribution in [-0.2, 0) is 0 Å². The molecule has 0 aromatic carbocycles. The Morgan fingerprint density at radius 3 is 0.955 bits per heavy atom. The fraction of sp³-hybridized carbons (Fsp3) is 1.00. The summed E-state index contributed by atoms with van der Waals surface area (Å²) in [6, 6.07) is 0. The zero-order valence-corrected chi connectivity index (χ0v) is 17.8. The quantitative estimate of drug-likeness (QED) is 0.363. The lowest BCUT2D eigenvalue weighted by molar-refractivity contribution is 1.60. The molecule has 0 heterocycles. The van der Waals surface area contributed by atoms with Crippen molar-refractivity contribution in [3.05, 3.63) is 0 Å². The highest BCUT2D eigenvalue weighted by atomic mass is 13.8. The van der Waals surface area contributed by atoms with Crippen LogP contribution in [0.1, 0.15) is 0 Å². The number of rotatable bonds is 9. The van der Waals surface area contributed by atoms with Gasteiger partial charge in [0.25, 0.3) is 0 Å². The van der Waals surface area contributed by atoms with E-state index < -0.39 is 0 Å². The van der Waals surface area contributed by atoms with Gasteiger partial charge in [0.1, 0.15) is 0 Å². The predicted molar refractivity (Wildman–Crippen MR) is 158 cm³/mol. The van der Waals surface area contributed by atoms with Crippen LogP contribution in [0.3, 0.4) is 0 Å². The average Bonchev–Trinajstić information content (AvgIpc) is 2.34. The summed E-state index contributed by atoms with van der Waals surface area (Å²) in [5.41, 5.74) is 0. The molecule has 21 heteroatoms. The minimum Gasteiger partial charge on any atom is -0.166 e. The second-order valence-electron chi connectivity index (χ2n) is 9.49. The van der Waals surface area contributed by atoms with Crippen LogP contribution in [0.15, 0.2) is 0 Å². The van der Waals surface area contributed by atoms with Gasteiger partial charge >= 0.3 is 0 Å². The number of hydrogen-bond donors (Lipinski definition) is 0. The fourth-order valence-corrected chi connectivity index (χ4v) is 6.42. The molecule has 0 N–H and O–H groups in total. The summed E-state index contributed by atoms with van der Waals surface area (Å²) in [6.45, 7) is 3.08. The molecule has 0 aromatic heterocycles. The molecular formula is CH25B21. The summed E-state index contributed by atoms with van der Waals surface area (Å²) in [7, 11) is 30.9. The molecule has 0 aliphatic rings. The molecule has 0 radical (unpaired) electrons. The van der Waals surface area contributed by atoms with Gasteiger partial charge in [-0.2, -0.15) is 5.01 Å². The fourth-order valence-electron chi connectivity index (χ4n) is 6.42. The summed E-state index contributed by atoms with van der Waals surface area (Å²) in [5, 5.41) is 0.430. The van der Waals surface area contributed by atoms with Gasteiger partial charge in [0.15, 0.2) is 0 Å². The summed E-state index contributed by atoms with van der Waals surface area (Å²) in [5.74, 6) is 0. The first-order valence-corrected chi connectivity index (χ1v) is 9.95. The van der Waals surface area contributed by atoms with Crippen LogP contribution in [0.5, 0.6) is 0 Å². The largest absolute Gasteiger partial charge is 0.166 e. The van der Waals surface area contributed by atoms with E-state index in [2.05, 4.69) is 92.8 Å². The van der Waals surface area contributed by atoms with Crippen molar-refractivity contribution in [3.63, 3.8) is 0 Å². The molecule has 0 aromatic rings. The molecule has 0 atom stereocenters. The summed E-state index contributed by atoms with van der Waals surface area (Å²) < 4.78 is 0. The summed E-state index contributed by atoms with van der Waals surface area (Å²) in [6.07, 6.45) is 2.99. The molecule has 0 fully saturated rings. The van der Waals surface area contributed by atoms with Crippen LogP contribution in [-0.4, -0.2) is 151 Å². The first-order valence-electron chi connectivity index (χ1n) is 9.95. The third-order valence-corrected chi connectivity index (χ3v) is 6.49. The minimum atomic E-state index is 0.430. The van der Waals surface area contributed by atoms with Gasteiger partial charge < -0.3 is 0 Å². The molecule has 22 heavy (non-hydrogen) atoms. The molecule has 0 saturated carbocycles. The predicted octanol–water partition coefficient (Wildman–Crippen LogP) is -14.5. The summed E-state index contributed by atoms with van der Waals surface area (Å²) in [4.78, 5) is 0. The first kappa shape index (κ1) is 23.4. The molecule has 0 aliphatic heterocycles. The van der Waals surface area contributed by atoms with E-state index >= 15 is 0 Å². The molecule has 0 aliphatic carbocycles. The van der Waals surface area contributed by atoms with Gasteiger partial charge in [-0.25, -0.2) is 0 Å². The first-order chi connectivity index (χ1) is 9.95. The van der Waals surface area contributed by atoms with Crippen LogP contribution in [0.25, 0.3) is 0 Å². The van der Waals surface area contributed by atoms with Crippen molar-refractivity contribution in [1.29, 1.82) is 0 Å². The van der Waals surface area contributed by atoms with Crippen molar-refractivity contribution in [2.45, 2.75) is 5.01 Å². The molecular weight excluding hydrogens is 239 g/mol. The van der Waals surface area contributed by atoms with Crippen LogP contribution >= 0.6 is 0 Å². The Morgan fingerprint density at radius 2 is 0.818 bits per heavy atom. The highest BCUT2D eigenvalue weighted by molar-refractivity contribution is 7.94. The molecule has 0 nitrogen and oxygen atoms in total. The van der Waals surface area contributed by atoms with E-state index in [1.54, 1.807) is 0 Å². The maximum Gasteiger partial charge on any atom is 0.0626 e. The standard InChI is InChI=1S/CH25B21/c2-14-16(5)1(15(3)4,17(19(6)7)20(8)9)18(21(10)11)22(12)13/h14H,2-13H2. The zero-order chi connectivity index (χ0) is 17.8. The van der Waals surface area contributed by atoms with Crippen LogP contribution in [0.4, 0.5) is 0 Å². The lowest BCUT2D eigenvalue weighted by Gasteiger charge is -2.58. The Bertz CT molecular complexity index is 265. The van der Waals surface area contributed by atoms with E-state index in [0.29, 0.717) is 5.01 Å². The second kappa shape index (κ2) is 9.74. The van der Waals surface area contributed by atoms with Gasteiger partial charge in [0, 0.05) is 58.6 Å². The van der Waals surface area contributed by atoms with Gasteiger partial charge in [0.2, 0.25) is 0 Å². The van der Waals surface area contributed by atoms with Crippen molar-refractivity contribution in [2.75, 3.05) is 0 Å². The SMILES string of the molecule is BBB(B)C(B(B)B)(B(B(B)B)B(B)B)B(B(B)B)B(B)B. The van der Waals surface area contributed by atoms with Crippen molar-refractivity contribution < 1.29 is 0 Å². The van der Waals surface area contributed by atoms with Crippen molar-refractivity contribution in [1.82, 2.24) is 0 Å². The van der Waals surface area contributed by atoms with E-state index in [9.17, 15) is 0 Å². The van der Waals surface area contributed by atoms with Crippen LogP contribution < -0.4 is 0 Å². The molecule has 0 saturated heterocycles. The lowest BCUT2D eigenvalue weighted by Crippen LogP contribution is -2.80. The maximum atomic E-state index is 2.54.